The van der Waals surface area contributed by atoms with Gasteiger partial charge in [0.15, 0.2) is 0 Å². The van der Waals surface area contributed by atoms with Crippen molar-refractivity contribution in [3.63, 3.8) is 0 Å². The van der Waals surface area contributed by atoms with Crippen LogP contribution in [0.1, 0.15) is 6.92 Å². The fraction of sp³-hybridized carbons (Fsp3) is 0.273. The first kappa shape index (κ1) is 11.4. The Morgan fingerprint density at radius 2 is 2.29 bits per heavy atom. The van der Waals surface area contributed by atoms with Gasteiger partial charge in [0.25, 0.3) is 0 Å². The van der Waals surface area contributed by atoms with Gasteiger partial charge in [0.2, 0.25) is 5.88 Å². The molecule has 17 heavy (non-hydrogen) atoms. The van der Waals surface area contributed by atoms with Crippen LogP contribution in [0, 0.1) is 5.82 Å². The number of hydrogen-bond donors (Lipinski definition) is 0. The van der Waals surface area contributed by atoms with E-state index < -0.39 is 11.9 Å². The molecule has 1 aromatic carbocycles. The van der Waals surface area contributed by atoms with Gasteiger partial charge in [-0.25, -0.2) is 9.18 Å². The Hall–Kier alpha value is -2.11. The first-order valence-corrected chi connectivity index (χ1v) is 5.07. The molecular weight excluding hydrogens is 227 g/mol. The van der Waals surface area contributed by atoms with Crippen LogP contribution in [0.3, 0.4) is 0 Å². The zero-order valence-corrected chi connectivity index (χ0v) is 9.44. The molecule has 1 aromatic heterocycles. The predicted octanol–water partition coefficient (Wildman–Crippen LogP) is 2.19. The van der Waals surface area contributed by atoms with Crippen LogP contribution in [0.15, 0.2) is 18.2 Å². The number of ether oxygens (including phenoxy) is 2. The molecule has 0 amide bonds. The van der Waals surface area contributed by atoms with Crippen LogP contribution in [-0.4, -0.2) is 29.6 Å². The Morgan fingerprint density at radius 3 is 2.94 bits per heavy atom. The minimum Gasteiger partial charge on any atom is -0.479 e. The summed E-state index contributed by atoms with van der Waals surface area (Å²) in [6.45, 7) is 1.90. The van der Waals surface area contributed by atoms with Gasteiger partial charge in [0, 0.05) is 0 Å². The molecule has 2 aromatic rings. The molecule has 0 saturated heterocycles. The van der Waals surface area contributed by atoms with Crippen molar-refractivity contribution in [1.82, 2.24) is 9.78 Å². The number of carbonyl (C=O) groups excluding carboxylic acids is 1. The van der Waals surface area contributed by atoms with Crippen molar-refractivity contribution >= 4 is 17.0 Å². The highest BCUT2D eigenvalue weighted by molar-refractivity contribution is 5.91. The molecule has 0 spiro atoms. The molecule has 5 nitrogen and oxygen atoms in total. The largest absolute Gasteiger partial charge is 0.479 e. The Morgan fingerprint density at radius 1 is 1.53 bits per heavy atom. The molecule has 6 heteroatoms. The minimum absolute atomic E-state index is 0.0613. The number of rotatable bonds is 2. The van der Waals surface area contributed by atoms with Crippen LogP contribution in [0.4, 0.5) is 9.18 Å². The number of aromatic nitrogens is 2. The maximum Gasteiger partial charge on any atom is 0.435 e. The summed E-state index contributed by atoms with van der Waals surface area (Å²) in [6, 6.07) is 4.35. The van der Waals surface area contributed by atoms with Crippen molar-refractivity contribution in [1.29, 1.82) is 0 Å². The summed E-state index contributed by atoms with van der Waals surface area (Å²) >= 11 is 0. The molecule has 0 fully saturated rings. The van der Waals surface area contributed by atoms with E-state index in [-0.39, 0.29) is 17.9 Å². The van der Waals surface area contributed by atoms with Crippen molar-refractivity contribution in [2.75, 3.05) is 13.7 Å². The molecule has 90 valence electrons. The van der Waals surface area contributed by atoms with Gasteiger partial charge in [-0.05, 0) is 19.1 Å². The van der Waals surface area contributed by atoms with E-state index in [1.165, 1.54) is 19.2 Å². The van der Waals surface area contributed by atoms with Crippen LogP contribution in [0.2, 0.25) is 0 Å². The number of fused-ring (bicyclic) bond motifs is 1. The van der Waals surface area contributed by atoms with Crippen LogP contribution in [-0.2, 0) is 4.74 Å². The average molecular weight is 238 g/mol. The van der Waals surface area contributed by atoms with E-state index in [0.717, 1.165) is 4.68 Å². The fourth-order valence-corrected chi connectivity index (χ4v) is 1.56. The smallest absolute Gasteiger partial charge is 0.435 e. The summed E-state index contributed by atoms with van der Waals surface area (Å²) in [4.78, 5) is 11.6. The van der Waals surface area contributed by atoms with Gasteiger partial charge in [-0.15, -0.1) is 5.10 Å². The average Bonchev–Trinajstić information content (AvgIpc) is 2.69. The van der Waals surface area contributed by atoms with Gasteiger partial charge in [-0.3, -0.25) is 0 Å². The highest BCUT2D eigenvalue weighted by Gasteiger charge is 2.19. The summed E-state index contributed by atoms with van der Waals surface area (Å²) in [7, 11) is 1.36. The maximum atomic E-state index is 13.6. The Labute approximate surface area is 96.7 Å². The van der Waals surface area contributed by atoms with Crippen LogP contribution in [0.25, 0.3) is 10.9 Å². The third-order valence-corrected chi connectivity index (χ3v) is 2.26. The Kier molecular flexibility index (Phi) is 2.95. The lowest BCUT2D eigenvalue weighted by Crippen LogP contribution is -2.14. The van der Waals surface area contributed by atoms with E-state index >= 15 is 0 Å². The highest BCUT2D eigenvalue weighted by atomic mass is 19.1. The third-order valence-electron chi connectivity index (χ3n) is 2.26. The molecule has 1 heterocycles. The van der Waals surface area contributed by atoms with Gasteiger partial charge < -0.3 is 9.47 Å². The second-order valence-electron chi connectivity index (χ2n) is 3.25. The molecule has 0 aliphatic carbocycles. The molecule has 0 aliphatic rings. The van der Waals surface area contributed by atoms with Crippen LogP contribution >= 0.6 is 0 Å². The molecule has 0 bridgehead atoms. The first-order chi connectivity index (χ1) is 8.19. The number of benzene rings is 1. The standard InChI is InChI=1S/C11H11FN2O3/c1-3-17-11(15)14-8-6-4-5-7(12)9(8)10(13-14)16-2/h4-6H,3H2,1-2H3. The molecule has 0 unspecified atom stereocenters. The lowest BCUT2D eigenvalue weighted by molar-refractivity contribution is 0.151. The summed E-state index contributed by atoms with van der Waals surface area (Å²) in [5.41, 5.74) is 0.320. The van der Waals surface area contributed by atoms with Gasteiger partial charge in [-0.2, -0.15) is 4.68 Å². The summed E-state index contributed by atoms with van der Waals surface area (Å²) in [6.07, 6.45) is -0.661. The van der Waals surface area contributed by atoms with Crippen LogP contribution in [0.5, 0.6) is 5.88 Å². The van der Waals surface area contributed by atoms with Crippen LogP contribution < -0.4 is 4.74 Å². The summed E-state index contributed by atoms with van der Waals surface area (Å²) < 4.78 is 24.4. The van der Waals surface area contributed by atoms with E-state index in [2.05, 4.69) is 5.10 Å². The van der Waals surface area contributed by atoms with Gasteiger partial charge in [-0.1, -0.05) is 6.07 Å². The van der Waals surface area contributed by atoms with Crippen molar-refractivity contribution in [3.05, 3.63) is 24.0 Å². The first-order valence-electron chi connectivity index (χ1n) is 5.07. The molecule has 2 rings (SSSR count). The van der Waals surface area contributed by atoms with Gasteiger partial charge in [0.05, 0.1) is 24.6 Å². The lowest BCUT2D eigenvalue weighted by Gasteiger charge is -2.01. The van der Waals surface area contributed by atoms with E-state index in [1.54, 1.807) is 13.0 Å². The van der Waals surface area contributed by atoms with Crippen molar-refractivity contribution in [2.45, 2.75) is 6.92 Å². The quantitative estimate of drug-likeness (QED) is 0.804. The SMILES string of the molecule is CCOC(=O)n1nc(OC)c2c(F)cccc21. The minimum atomic E-state index is -0.661. The maximum absolute atomic E-state index is 13.6. The van der Waals surface area contributed by atoms with Gasteiger partial charge in [0.1, 0.15) is 5.82 Å². The summed E-state index contributed by atoms with van der Waals surface area (Å²) in [5.74, 6) is -0.430. The second-order valence-corrected chi connectivity index (χ2v) is 3.25. The van der Waals surface area contributed by atoms with Crippen molar-refractivity contribution in [3.8, 4) is 5.88 Å². The predicted molar refractivity (Wildman–Crippen MR) is 58.7 cm³/mol. The number of methoxy groups -OCH3 is 1. The monoisotopic (exact) mass is 238 g/mol. The van der Waals surface area contributed by atoms with E-state index in [9.17, 15) is 9.18 Å². The van der Waals surface area contributed by atoms with Gasteiger partial charge >= 0.3 is 6.09 Å². The van der Waals surface area contributed by atoms with Crippen molar-refractivity contribution in [2.24, 2.45) is 0 Å². The zero-order chi connectivity index (χ0) is 12.4. The molecule has 0 radical (unpaired) electrons. The second kappa shape index (κ2) is 4.40. The summed E-state index contributed by atoms with van der Waals surface area (Å²) in [5, 5.41) is 4.04. The van der Waals surface area contributed by atoms with E-state index in [4.69, 9.17) is 9.47 Å². The van der Waals surface area contributed by atoms with E-state index in [0.29, 0.717) is 5.52 Å². The topological polar surface area (TPSA) is 53.4 Å². The normalized spacial score (nSPS) is 10.5. The number of carbonyl (C=O) groups is 1. The lowest BCUT2D eigenvalue weighted by atomic mass is 10.2. The number of halogens is 1. The molecular formula is C11H11FN2O3. The molecule has 0 atom stereocenters. The highest BCUT2D eigenvalue weighted by Crippen LogP contribution is 2.27. The molecule has 0 N–H and O–H groups in total. The Balaban J connectivity index is 2.65. The molecule has 0 aliphatic heterocycles. The zero-order valence-electron chi connectivity index (χ0n) is 9.44. The molecule has 0 saturated carbocycles. The number of nitrogens with zero attached hydrogens (tertiary/aromatic N) is 2. The number of hydrogen-bond acceptors (Lipinski definition) is 4. The fourth-order valence-electron chi connectivity index (χ4n) is 1.56. The van der Waals surface area contributed by atoms with Crippen molar-refractivity contribution < 1.29 is 18.7 Å². The van der Waals surface area contributed by atoms with E-state index in [1.807, 2.05) is 0 Å². The third kappa shape index (κ3) is 1.82. The Bertz CT molecular complexity index is 565.